The van der Waals surface area contributed by atoms with Crippen LogP contribution in [0.15, 0.2) is 36.4 Å². The summed E-state index contributed by atoms with van der Waals surface area (Å²) in [6, 6.07) is 10.4. The minimum absolute atomic E-state index is 0.0702. The lowest BCUT2D eigenvalue weighted by atomic mass is 9.59. The summed E-state index contributed by atoms with van der Waals surface area (Å²) < 4.78 is 12.8. The van der Waals surface area contributed by atoms with Crippen LogP contribution in [0.5, 0.6) is 0 Å². The Kier molecular flexibility index (Phi) is 3.84. The largest absolute Gasteiger partial charge is 0.457 e. The SMILES string of the molecule is CC1(C)[C@@H]2OCC[C@H]2[C@@H]1OC(=O)c1cc(C(N)=O)n(-c2ccccc2)n1. The maximum absolute atomic E-state index is 12.7. The molecule has 1 aliphatic heterocycles. The molecule has 2 fully saturated rings. The molecule has 1 saturated carbocycles. The molecule has 2 aromatic rings. The number of rotatable bonds is 4. The van der Waals surface area contributed by atoms with Gasteiger partial charge in [-0.05, 0) is 18.6 Å². The molecule has 1 saturated heterocycles. The second kappa shape index (κ2) is 5.95. The maximum atomic E-state index is 12.7. The summed E-state index contributed by atoms with van der Waals surface area (Å²) in [5, 5.41) is 4.26. The van der Waals surface area contributed by atoms with Crippen molar-refractivity contribution in [3.8, 4) is 5.69 Å². The van der Waals surface area contributed by atoms with Crippen molar-refractivity contribution in [1.82, 2.24) is 9.78 Å². The van der Waals surface area contributed by atoms with Crippen molar-refractivity contribution >= 4 is 11.9 Å². The van der Waals surface area contributed by atoms with E-state index < -0.39 is 11.9 Å². The molecule has 1 aliphatic carbocycles. The van der Waals surface area contributed by atoms with E-state index >= 15 is 0 Å². The van der Waals surface area contributed by atoms with Gasteiger partial charge in [-0.15, -0.1) is 0 Å². The molecule has 26 heavy (non-hydrogen) atoms. The number of hydrogen-bond acceptors (Lipinski definition) is 5. The predicted octanol–water partition coefficient (Wildman–Crippen LogP) is 1.94. The number of amides is 1. The summed E-state index contributed by atoms with van der Waals surface area (Å²) in [5.41, 5.74) is 6.07. The maximum Gasteiger partial charge on any atom is 0.359 e. The zero-order valence-electron chi connectivity index (χ0n) is 14.7. The third kappa shape index (κ3) is 2.50. The standard InChI is InChI=1S/C19H21N3O4/c1-19(2)15-12(8-9-25-15)16(19)26-18(24)13-10-14(17(20)23)22(21-13)11-6-4-3-5-7-11/h3-7,10,12,15-16H,8-9H2,1-2H3,(H2,20,23)/t12-,15-,16+/m1/s1. The Morgan fingerprint density at radius 1 is 1.31 bits per heavy atom. The number of fused-ring (bicyclic) bond motifs is 1. The fraction of sp³-hybridized carbons (Fsp3) is 0.421. The molecule has 1 amide bonds. The lowest BCUT2D eigenvalue weighted by Crippen LogP contribution is -2.61. The Morgan fingerprint density at radius 2 is 2.04 bits per heavy atom. The molecule has 0 radical (unpaired) electrons. The first-order valence-corrected chi connectivity index (χ1v) is 8.67. The zero-order chi connectivity index (χ0) is 18.5. The Morgan fingerprint density at radius 3 is 2.73 bits per heavy atom. The molecule has 0 bridgehead atoms. The first-order valence-electron chi connectivity index (χ1n) is 8.67. The molecule has 136 valence electrons. The highest BCUT2D eigenvalue weighted by atomic mass is 16.6. The molecule has 2 aliphatic rings. The van der Waals surface area contributed by atoms with Gasteiger partial charge in [0, 0.05) is 24.0 Å². The third-order valence-corrected chi connectivity index (χ3v) is 5.40. The van der Waals surface area contributed by atoms with E-state index in [1.807, 2.05) is 32.0 Å². The highest BCUT2D eigenvalue weighted by Crippen LogP contribution is 2.53. The van der Waals surface area contributed by atoms with Crippen molar-refractivity contribution in [1.29, 1.82) is 0 Å². The summed E-state index contributed by atoms with van der Waals surface area (Å²) in [5.74, 6) is -0.986. The summed E-state index contributed by atoms with van der Waals surface area (Å²) in [6.07, 6.45) is 0.793. The number of ether oxygens (including phenoxy) is 2. The highest BCUT2D eigenvalue weighted by molar-refractivity contribution is 5.95. The van der Waals surface area contributed by atoms with Crippen LogP contribution in [0.4, 0.5) is 0 Å². The van der Waals surface area contributed by atoms with Crippen LogP contribution in [0.1, 0.15) is 41.2 Å². The monoisotopic (exact) mass is 355 g/mol. The van der Waals surface area contributed by atoms with Gasteiger partial charge < -0.3 is 15.2 Å². The van der Waals surface area contributed by atoms with Gasteiger partial charge in [-0.25, -0.2) is 9.48 Å². The van der Waals surface area contributed by atoms with E-state index in [4.69, 9.17) is 15.2 Å². The van der Waals surface area contributed by atoms with E-state index in [1.54, 1.807) is 12.1 Å². The third-order valence-electron chi connectivity index (χ3n) is 5.40. The molecule has 3 atom stereocenters. The molecule has 7 nitrogen and oxygen atoms in total. The lowest BCUT2D eigenvalue weighted by molar-refractivity contribution is -0.183. The van der Waals surface area contributed by atoms with E-state index in [1.165, 1.54) is 10.7 Å². The van der Waals surface area contributed by atoms with Gasteiger partial charge >= 0.3 is 5.97 Å². The summed E-state index contributed by atoms with van der Waals surface area (Å²) in [4.78, 5) is 24.4. The molecule has 0 unspecified atom stereocenters. The number of aromatic nitrogens is 2. The fourth-order valence-electron chi connectivity index (χ4n) is 4.12. The van der Waals surface area contributed by atoms with Crippen LogP contribution in [0, 0.1) is 11.3 Å². The summed E-state index contributed by atoms with van der Waals surface area (Å²) in [6.45, 7) is 4.77. The van der Waals surface area contributed by atoms with E-state index in [0.717, 1.165) is 6.42 Å². The van der Waals surface area contributed by atoms with Crippen molar-refractivity contribution in [2.24, 2.45) is 17.1 Å². The van der Waals surface area contributed by atoms with Gasteiger partial charge in [0.1, 0.15) is 11.8 Å². The van der Waals surface area contributed by atoms with E-state index in [0.29, 0.717) is 12.3 Å². The first kappa shape index (κ1) is 16.8. The Labute approximate surface area is 151 Å². The molecular formula is C19H21N3O4. The molecule has 2 heterocycles. The minimum atomic E-state index is -0.659. The van der Waals surface area contributed by atoms with Gasteiger partial charge in [0.2, 0.25) is 0 Å². The van der Waals surface area contributed by atoms with E-state index in [-0.39, 0.29) is 34.9 Å². The minimum Gasteiger partial charge on any atom is -0.457 e. The molecule has 2 N–H and O–H groups in total. The van der Waals surface area contributed by atoms with Crippen molar-refractivity contribution in [2.45, 2.75) is 32.5 Å². The molecular weight excluding hydrogens is 334 g/mol. The van der Waals surface area contributed by atoms with Gasteiger partial charge in [-0.3, -0.25) is 4.79 Å². The number of esters is 1. The molecule has 7 heteroatoms. The molecule has 4 rings (SSSR count). The number of carbonyl (C=O) groups excluding carboxylic acids is 2. The zero-order valence-corrected chi connectivity index (χ0v) is 14.7. The highest BCUT2D eigenvalue weighted by Gasteiger charge is 2.61. The van der Waals surface area contributed by atoms with Crippen molar-refractivity contribution in [3.63, 3.8) is 0 Å². The average Bonchev–Trinajstić information content (AvgIpc) is 3.26. The van der Waals surface area contributed by atoms with Crippen LogP contribution in [-0.4, -0.2) is 40.5 Å². The summed E-state index contributed by atoms with van der Waals surface area (Å²) in [7, 11) is 0. The normalized spacial score (nSPS) is 26.0. The summed E-state index contributed by atoms with van der Waals surface area (Å²) >= 11 is 0. The number of primary amides is 1. The van der Waals surface area contributed by atoms with Crippen LogP contribution < -0.4 is 5.73 Å². The van der Waals surface area contributed by atoms with Gasteiger partial charge in [-0.2, -0.15) is 5.10 Å². The van der Waals surface area contributed by atoms with Crippen molar-refractivity contribution < 1.29 is 19.1 Å². The number of para-hydroxylation sites is 1. The number of nitrogens with two attached hydrogens (primary N) is 1. The molecule has 1 aromatic heterocycles. The topological polar surface area (TPSA) is 96.4 Å². The van der Waals surface area contributed by atoms with Crippen LogP contribution in [0.25, 0.3) is 5.69 Å². The number of hydrogen-bond donors (Lipinski definition) is 1. The molecule has 1 aromatic carbocycles. The number of carbonyl (C=O) groups is 2. The smallest absolute Gasteiger partial charge is 0.359 e. The number of nitrogens with zero attached hydrogens (tertiary/aromatic N) is 2. The van der Waals surface area contributed by atoms with Crippen LogP contribution in [-0.2, 0) is 9.47 Å². The van der Waals surface area contributed by atoms with Crippen molar-refractivity contribution in [3.05, 3.63) is 47.8 Å². The second-order valence-electron chi connectivity index (χ2n) is 7.42. The van der Waals surface area contributed by atoms with Crippen LogP contribution in [0.2, 0.25) is 0 Å². The Hall–Kier alpha value is -2.67. The second-order valence-corrected chi connectivity index (χ2v) is 7.42. The molecule has 0 spiro atoms. The van der Waals surface area contributed by atoms with E-state index in [9.17, 15) is 9.59 Å². The number of benzene rings is 1. The predicted molar refractivity (Wildman–Crippen MR) is 92.9 cm³/mol. The average molecular weight is 355 g/mol. The first-order chi connectivity index (χ1) is 12.4. The van der Waals surface area contributed by atoms with Crippen molar-refractivity contribution in [2.75, 3.05) is 6.61 Å². The lowest BCUT2D eigenvalue weighted by Gasteiger charge is -2.52. The van der Waals surface area contributed by atoms with Gasteiger partial charge in [0.15, 0.2) is 5.69 Å². The van der Waals surface area contributed by atoms with Crippen LogP contribution in [0.3, 0.4) is 0 Å². The van der Waals surface area contributed by atoms with Gasteiger partial charge in [0.05, 0.1) is 11.8 Å². The Balaban J connectivity index is 1.60. The quantitative estimate of drug-likeness (QED) is 0.846. The fourth-order valence-corrected chi connectivity index (χ4v) is 4.12. The van der Waals surface area contributed by atoms with Gasteiger partial charge in [0.25, 0.3) is 5.91 Å². The van der Waals surface area contributed by atoms with Gasteiger partial charge in [-0.1, -0.05) is 32.0 Å². The van der Waals surface area contributed by atoms with E-state index in [2.05, 4.69) is 5.10 Å². The van der Waals surface area contributed by atoms with Crippen LogP contribution >= 0.6 is 0 Å². The Bertz CT molecular complexity index is 859.